The molecule has 2 atom stereocenters. The van der Waals surface area contributed by atoms with Crippen molar-refractivity contribution >= 4 is 23.2 Å². The fourth-order valence-corrected chi connectivity index (χ4v) is 3.72. The highest BCUT2D eigenvalue weighted by atomic mass is 35.5. The summed E-state index contributed by atoms with van der Waals surface area (Å²) in [5.74, 6) is -0.390. The molecular weight excluding hydrogens is 409 g/mol. The van der Waals surface area contributed by atoms with Gasteiger partial charge in [-0.05, 0) is 37.3 Å². The van der Waals surface area contributed by atoms with Gasteiger partial charge in [0.1, 0.15) is 12.7 Å². The number of piperazine rings is 1. The first-order valence-electron chi connectivity index (χ1n) is 9.98. The molecule has 0 aliphatic carbocycles. The summed E-state index contributed by atoms with van der Waals surface area (Å²) < 4.78 is 19.0. The molecule has 1 aliphatic heterocycles. The molecule has 0 aromatic heterocycles. The summed E-state index contributed by atoms with van der Waals surface area (Å²) in [4.78, 5) is 16.5. The van der Waals surface area contributed by atoms with E-state index < -0.39 is 11.9 Å². The highest BCUT2D eigenvalue weighted by molar-refractivity contribution is 6.30. The van der Waals surface area contributed by atoms with E-state index in [1.165, 1.54) is 12.1 Å². The van der Waals surface area contributed by atoms with Gasteiger partial charge in [0.15, 0.2) is 11.6 Å². The first kappa shape index (κ1) is 22.5. The van der Waals surface area contributed by atoms with E-state index in [4.69, 9.17) is 16.3 Å². The van der Waals surface area contributed by atoms with E-state index >= 15 is 0 Å². The van der Waals surface area contributed by atoms with Crippen molar-refractivity contribution in [1.82, 2.24) is 9.80 Å². The van der Waals surface area contributed by atoms with Crippen molar-refractivity contribution in [1.29, 1.82) is 0 Å². The Morgan fingerprint density at radius 2 is 2.10 bits per heavy atom. The van der Waals surface area contributed by atoms with Gasteiger partial charge in [-0.3, -0.25) is 14.6 Å². The third-order valence-electron chi connectivity index (χ3n) is 5.04. The van der Waals surface area contributed by atoms with Crippen LogP contribution in [0.15, 0.2) is 48.5 Å². The molecule has 6 nitrogen and oxygen atoms in total. The number of halogens is 2. The zero-order valence-corrected chi connectivity index (χ0v) is 17.7. The molecule has 3 rings (SSSR count). The Morgan fingerprint density at radius 3 is 2.83 bits per heavy atom. The molecule has 30 heavy (non-hydrogen) atoms. The summed E-state index contributed by atoms with van der Waals surface area (Å²) in [5, 5.41) is 13.7. The van der Waals surface area contributed by atoms with Gasteiger partial charge in [0.25, 0.3) is 0 Å². The maximum Gasteiger partial charge on any atom is 0.238 e. The van der Waals surface area contributed by atoms with Crippen LogP contribution in [0.25, 0.3) is 0 Å². The van der Waals surface area contributed by atoms with Crippen LogP contribution in [-0.4, -0.2) is 72.3 Å². The van der Waals surface area contributed by atoms with E-state index in [2.05, 4.69) is 22.0 Å². The molecule has 0 radical (unpaired) electrons. The summed E-state index contributed by atoms with van der Waals surface area (Å²) in [5.41, 5.74) is 0.678. The largest absolute Gasteiger partial charge is 0.488 e. The van der Waals surface area contributed by atoms with Crippen LogP contribution in [0.3, 0.4) is 0 Å². The zero-order chi connectivity index (χ0) is 21.5. The number of carbonyl (C=O) groups excluding carboxylic acids is 1. The minimum Gasteiger partial charge on any atom is -0.488 e. The predicted molar refractivity (Wildman–Crippen MR) is 115 cm³/mol. The second kappa shape index (κ2) is 10.7. The number of anilines is 1. The van der Waals surface area contributed by atoms with Gasteiger partial charge in [0.2, 0.25) is 5.91 Å². The SMILES string of the molecule is C[C@H]1CN(CC(=O)Nc2cccc(Cl)c2)CCN1C[C@@H](O)COc1ccccc1F. The van der Waals surface area contributed by atoms with Crippen molar-refractivity contribution in [3.63, 3.8) is 0 Å². The van der Waals surface area contributed by atoms with E-state index in [1.807, 2.05) is 0 Å². The van der Waals surface area contributed by atoms with E-state index in [-0.39, 0.29) is 24.3 Å². The lowest BCUT2D eigenvalue weighted by atomic mass is 10.1. The summed E-state index contributed by atoms with van der Waals surface area (Å²) >= 11 is 5.95. The molecule has 0 saturated carbocycles. The van der Waals surface area contributed by atoms with Gasteiger partial charge in [-0.25, -0.2) is 4.39 Å². The van der Waals surface area contributed by atoms with Gasteiger partial charge in [-0.1, -0.05) is 29.8 Å². The molecule has 0 spiro atoms. The number of nitrogens with zero attached hydrogens (tertiary/aromatic N) is 2. The number of para-hydroxylation sites is 1. The number of nitrogens with one attached hydrogen (secondary N) is 1. The lowest BCUT2D eigenvalue weighted by Gasteiger charge is -2.40. The molecule has 2 N–H and O–H groups in total. The minimum absolute atomic E-state index is 0.0237. The van der Waals surface area contributed by atoms with Crippen LogP contribution in [0.2, 0.25) is 5.02 Å². The first-order valence-corrected chi connectivity index (χ1v) is 10.4. The zero-order valence-electron chi connectivity index (χ0n) is 16.9. The second-order valence-corrected chi connectivity index (χ2v) is 7.97. The highest BCUT2D eigenvalue weighted by Gasteiger charge is 2.26. The van der Waals surface area contributed by atoms with Crippen LogP contribution >= 0.6 is 11.6 Å². The van der Waals surface area contributed by atoms with Crippen molar-refractivity contribution in [2.75, 3.05) is 44.6 Å². The second-order valence-electron chi connectivity index (χ2n) is 7.53. The Bertz CT molecular complexity index is 854. The van der Waals surface area contributed by atoms with Crippen LogP contribution in [0.5, 0.6) is 5.75 Å². The van der Waals surface area contributed by atoms with Crippen molar-refractivity contribution < 1.29 is 19.0 Å². The van der Waals surface area contributed by atoms with Gasteiger partial charge in [0, 0.05) is 42.9 Å². The molecular formula is C22H27ClFN3O3. The molecule has 0 bridgehead atoms. The number of aliphatic hydroxyl groups excluding tert-OH is 1. The number of amides is 1. The number of carbonyl (C=O) groups is 1. The van der Waals surface area contributed by atoms with Gasteiger partial charge < -0.3 is 15.2 Å². The molecule has 1 aliphatic rings. The molecule has 8 heteroatoms. The standard InChI is InChI=1S/C22H27ClFN3O3/c1-16-12-26(14-22(29)25-18-6-4-5-17(23)11-18)9-10-27(16)13-19(28)15-30-21-8-3-2-7-20(21)24/h2-8,11,16,19,28H,9-10,12-15H2,1H3,(H,25,29)/t16-,19+/m0/s1. The summed E-state index contributed by atoms with van der Waals surface area (Å²) in [6.45, 7) is 4.96. The van der Waals surface area contributed by atoms with E-state index in [0.29, 0.717) is 36.9 Å². The van der Waals surface area contributed by atoms with Gasteiger partial charge in [-0.15, -0.1) is 0 Å². The van der Waals surface area contributed by atoms with Crippen molar-refractivity contribution in [2.24, 2.45) is 0 Å². The van der Waals surface area contributed by atoms with Crippen molar-refractivity contribution in [3.8, 4) is 5.75 Å². The number of rotatable bonds is 8. The number of ether oxygens (including phenoxy) is 1. The van der Waals surface area contributed by atoms with Crippen LogP contribution in [0.1, 0.15) is 6.92 Å². The molecule has 162 valence electrons. The lowest BCUT2D eigenvalue weighted by Crippen LogP contribution is -2.55. The third-order valence-corrected chi connectivity index (χ3v) is 5.27. The maximum atomic E-state index is 13.6. The number of hydrogen-bond donors (Lipinski definition) is 2. The summed E-state index contributed by atoms with van der Waals surface area (Å²) in [6, 6.07) is 13.4. The summed E-state index contributed by atoms with van der Waals surface area (Å²) in [6.07, 6.45) is -0.732. The average molecular weight is 436 g/mol. The Morgan fingerprint density at radius 1 is 1.30 bits per heavy atom. The van der Waals surface area contributed by atoms with Crippen LogP contribution < -0.4 is 10.1 Å². The molecule has 2 aromatic rings. The third kappa shape index (κ3) is 6.67. The fourth-order valence-electron chi connectivity index (χ4n) is 3.53. The van der Waals surface area contributed by atoms with Crippen LogP contribution in [-0.2, 0) is 4.79 Å². The van der Waals surface area contributed by atoms with Gasteiger partial charge in [0.05, 0.1) is 6.54 Å². The van der Waals surface area contributed by atoms with Crippen molar-refractivity contribution in [3.05, 3.63) is 59.4 Å². The average Bonchev–Trinajstić information content (AvgIpc) is 2.69. The Balaban J connectivity index is 1.41. The monoisotopic (exact) mass is 435 g/mol. The normalized spacial score (nSPS) is 18.7. The lowest BCUT2D eigenvalue weighted by molar-refractivity contribution is -0.118. The molecule has 1 fully saturated rings. The topological polar surface area (TPSA) is 65.0 Å². The van der Waals surface area contributed by atoms with E-state index in [9.17, 15) is 14.3 Å². The Labute approximate surface area is 181 Å². The van der Waals surface area contributed by atoms with E-state index in [1.54, 1.807) is 36.4 Å². The molecule has 1 amide bonds. The fraction of sp³-hybridized carbons (Fsp3) is 0.409. The maximum absolute atomic E-state index is 13.6. The number of β-amino-alcohol motifs (C(OH)–C–C–N with tert-alkyl or cyclic N) is 1. The highest BCUT2D eigenvalue weighted by Crippen LogP contribution is 2.17. The van der Waals surface area contributed by atoms with E-state index in [0.717, 1.165) is 6.54 Å². The molecule has 0 unspecified atom stereocenters. The smallest absolute Gasteiger partial charge is 0.238 e. The number of aliphatic hydroxyl groups is 1. The molecule has 2 aromatic carbocycles. The quantitative estimate of drug-likeness (QED) is 0.667. The predicted octanol–water partition coefficient (Wildman–Crippen LogP) is 2.86. The Hall–Kier alpha value is -2.19. The minimum atomic E-state index is -0.732. The number of hydrogen-bond acceptors (Lipinski definition) is 5. The molecule has 1 saturated heterocycles. The van der Waals surface area contributed by atoms with Gasteiger partial charge in [-0.2, -0.15) is 0 Å². The van der Waals surface area contributed by atoms with Crippen LogP contribution in [0.4, 0.5) is 10.1 Å². The van der Waals surface area contributed by atoms with Gasteiger partial charge >= 0.3 is 0 Å². The molecule has 1 heterocycles. The Kier molecular flexibility index (Phi) is 8.04. The van der Waals surface area contributed by atoms with Crippen LogP contribution in [0, 0.1) is 5.82 Å². The first-order chi connectivity index (χ1) is 14.4. The summed E-state index contributed by atoms with van der Waals surface area (Å²) in [7, 11) is 0. The van der Waals surface area contributed by atoms with Crippen molar-refractivity contribution in [2.45, 2.75) is 19.1 Å². The number of benzene rings is 2.